The minimum Gasteiger partial charge on any atom is -0.467 e. The molecule has 0 radical (unpaired) electrons. The van der Waals surface area contributed by atoms with Crippen molar-refractivity contribution < 1.29 is 18.7 Å². The second-order valence-corrected chi connectivity index (χ2v) is 4.73. The summed E-state index contributed by atoms with van der Waals surface area (Å²) < 4.78 is 23.4. The fourth-order valence-electron chi connectivity index (χ4n) is 2.30. The van der Waals surface area contributed by atoms with Gasteiger partial charge in [0.05, 0.1) is 13.7 Å². The van der Waals surface area contributed by atoms with E-state index in [4.69, 9.17) is 10.5 Å². The molecule has 110 valence electrons. The van der Waals surface area contributed by atoms with E-state index in [1.807, 2.05) is 4.90 Å². The van der Waals surface area contributed by atoms with E-state index >= 15 is 0 Å². The lowest BCUT2D eigenvalue weighted by atomic mass is 10.1. The van der Waals surface area contributed by atoms with E-state index in [1.165, 1.54) is 19.2 Å². The van der Waals surface area contributed by atoms with Crippen molar-refractivity contribution in [3.8, 4) is 0 Å². The van der Waals surface area contributed by atoms with Crippen LogP contribution in [0.5, 0.6) is 0 Å². The third kappa shape index (κ3) is 3.53. The molecule has 1 aromatic carbocycles. The molecule has 2 rings (SSSR count). The highest BCUT2D eigenvalue weighted by molar-refractivity contribution is 5.74. The average Bonchev–Trinajstić information content (AvgIpc) is 2.47. The van der Waals surface area contributed by atoms with E-state index in [0.717, 1.165) is 11.1 Å². The summed E-state index contributed by atoms with van der Waals surface area (Å²) in [6, 6.07) is 4.59. The third-order valence-electron chi connectivity index (χ3n) is 3.40. The zero-order chi connectivity index (χ0) is 14.5. The van der Waals surface area contributed by atoms with Gasteiger partial charge in [0.1, 0.15) is 5.82 Å². The number of methoxy groups -OCH3 is 1. The highest BCUT2D eigenvalue weighted by Crippen LogP contribution is 2.16. The number of esters is 1. The average molecular weight is 282 g/mol. The Balaban J connectivity index is 2.06. The second kappa shape index (κ2) is 6.78. The molecule has 5 nitrogen and oxygen atoms in total. The minimum atomic E-state index is -0.580. The molecule has 0 aliphatic carbocycles. The van der Waals surface area contributed by atoms with Crippen LogP contribution in [0.1, 0.15) is 11.1 Å². The molecule has 1 saturated heterocycles. The first-order valence-corrected chi connectivity index (χ1v) is 6.53. The van der Waals surface area contributed by atoms with Crippen LogP contribution in [0, 0.1) is 5.82 Å². The molecule has 0 spiro atoms. The number of halogens is 1. The van der Waals surface area contributed by atoms with Crippen LogP contribution in [0.2, 0.25) is 0 Å². The van der Waals surface area contributed by atoms with E-state index in [1.54, 1.807) is 6.07 Å². The molecule has 1 fully saturated rings. The zero-order valence-corrected chi connectivity index (χ0v) is 11.5. The van der Waals surface area contributed by atoms with Gasteiger partial charge in [0, 0.05) is 26.2 Å². The van der Waals surface area contributed by atoms with Crippen LogP contribution in [0.3, 0.4) is 0 Å². The van der Waals surface area contributed by atoms with Gasteiger partial charge in [-0.25, -0.2) is 9.18 Å². The highest BCUT2D eigenvalue weighted by atomic mass is 19.1. The van der Waals surface area contributed by atoms with Crippen molar-refractivity contribution >= 4 is 5.97 Å². The van der Waals surface area contributed by atoms with Crippen LogP contribution >= 0.6 is 0 Å². The molecule has 1 atom stereocenters. The summed E-state index contributed by atoms with van der Waals surface area (Å²) in [5, 5.41) is 0. The number of carbonyl (C=O) groups excluding carboxylic acids is 1. The van der Waals surface area contributed by atoms with Crippen LogP contribution in [0.15, 0.2) is 18.2 Å². The summed E-state index contributed by atoms with van der Waals surface area (Å²) in [7, 11) is 1.34. The molecule has 6 heteroatoms. The van der Waals surface area contributed by atoms with Crippen LogP contribution in [-0.4, -0.2) is 43.8 Å². The molecule has 0 aromatic heterocycles. The predicted molar refractivity (Wildman–Crippen MR) is 71.3 cm³/mol. The van der Waals surface area contributed by atoms with Crippen LogP contribution in [0.25, 0.3) is 0 Å². The van der Waals surface area contributed by atoms with Crippen molar-refractivity contribution in [1.82, 2.24) is 4.90 Å². The summed E-state index contributed by atoms with van der Waals surface area (Å²) in [4.78, 5) is 13.5. The maximum atomic E-state index is 13.3. The maximum Gasteiger partial charge on any atom is 0.336 e. The molecular weight excluding hydrogens is 263 g/mol. The maximum absolute atomic E-state index is 13.3. The van der Waals surface area contributed by atoms with Gasteiger partial charge in [0.2, 0.25) is 0 Å². The first kappa shape index (κ1) is 14.9. The summed E-state index contributed by atoms with van der Waals surface area (Å²) in [5.41, 5.74) is 7.42. The molecule has 0 bridgehead atoms. The van der Waals surface area contributed by atoms with Crippen LogP contribution in [0.4, 0.5) is 4.39 Å². The Hall–Kier alpha value is -1.50. The van der Waals surface area contributed by atoms with E-state index in [0.29, 0.717) is 32.8 Å². The lowest BCUT2D eigenvalue weighted by Gasteiger charge is -2.31. The number of hydrogen-bond acceptors (Lipinski definition) is 5. The Morgan fingerprint density at radius 1 is 1.55 bits per heavy atom. The molecule has 1 unspecified atom stereocenters. The Morgan fingerprint density at radius 3 is 3.05 bits per heavy atom. The number of ether oxygens (including phenoxy) is 2. The van der Waals surface area contributed by atoms with Crippen molar-refractivity contribution in [3.63, 3.8) is 0 Å². The van der Waals surface area contributed by atoms with E-state index in [2.05, 4.69) is 4.74 Å². The molecule has 1 aliphatic heterocycles. The molecule has 1 heterocycles. The summed E-state index contributed by atoms with van der Waals surface area (Å²) in [5.74, 6) is -0.664. The lowest BCUT2D eigenvalue weighted by Crippen LogP contribution is -2.46. The largest absolute Gasteiger partial charge is 0.467 e. The zero-order valence-electron chi connectivity index (χ0n) is 11.5. The monoisotopic (exact) mass is 282 g/mol. The summed E-state index contributed by atoms with van der Waals surface area (Å²) in [6.45, 7) is 2.48. The number of benzene rings is 1. The quantitative estimate of drug-likeness (QED) is 0.822. The Bertz CT molecular complexity index is 481. The van der Waals surface area contributed by atoms with Gasteiger partial charge in [0.25, 0.3) is 0 Å². The van der Waals surface area contributed by atoms with Crippen LogP contribution in [-0.2, 0) is 27.4 Å². The second-order valence-electron chi connectivity index (χ2n) is 4.73. The van der Waals surface area contributed by atoms with Gasteiger partial charge in [0.15, 0.2) is 6.10 Å². The Labute approximate surface area is 117 Å². The fraction of sp³-hybridized carbons (Fsp3) is 0.500. The lowest BCUT2D eigenvalue weighted by molar-refractivity contribution is -0.160. The molecule has 2 N–H and O–H groups in total. The molecule has 0 saturated carbocycles. The fourth-order valence-corrected chi connectivity index (χ4v) is 2.30. The Kier molecular flexibility index (Phi) is 5.05. The van der Waals surface area contributed by atoms with E-state index in [-0.39, 0.29) is 11.8 Å². The molecule has 0 amide bonds. The van der Waals surface area contributed by atoms with Crippen molar-refractivity contribution in [3.05, 3.63) is 35.1 Å². The van der Waals surface area contributed by atoms with Crippen molar-refractivity contribution in [1.29, 1.82) is 0 Å². The first-order chi connectivity index (χ1) is 9.63. The SMILES string of the molecule is COC(=O)C1CN(Cc2cc(F)ccc2CN)CCO1. The number of nitrogens with zero attached hydrogens (tertiary/aromatic N) is 1. The van der Waals surface area contributed by atoms with Gasteiger partial charge >= 0.3 is 5.97 Å². The van der Waals surface area contributed by atoms with Gasteiger partial charge in [-0.2, -0.15) is 0 Å². The Morgan fingerprint density at radius 2 is 2.35 bits per heavy atom. The van der Waals surface area contributed by atoms with Crippen molar-refractivity contribution in [2.75, 3.05) is 26.8 Å². The number of hydrogen-bond donors (Lipinski definition) is 1. The van der Waals surface area contributed by atoms with Crippen molar-refractivity contribution in [2.45, 2.75) is 19.2 Å². The van der Waals surface area contributed by atoms with Crippen molar-refractivity contribution in [2.24, 2.45) is 5.73 Å². The van der Waals surface area contributed by atoms with Gasteiger partial charge in [-0.1, -0.05) is 6.07 Å². The highest BCUT2D eigenvalue weighted by Gasteiger charge is 2.27. The van der Waals surface area contributed by atoms with Gasteiger partial charge < -0.3 is 15.2 Å². The van der Waals surface area contributed by atoms with Gasteiger partial charge in [-0.15, -0.1) is 0 Å². The molecular formula is C14H19FN2O3. The van der Waals surface area contributed by atoms with Crippen LogP contribution < -0.4 is 5.73 Å². The number of rotatable bonds is 4. The molecule has 20 heavy (non-hydrogen) atoms. The smallest absolute Gasteiger partial charge is 0.336 e. The molecule has 1 aromatic rings. The van der Waals surface area contributed by atoms with Gasteiger partial charge in [-0.05, 0) is 23.3 Å². The standard InChI is InChI=1S/C14H19FN2O3/c1-19-14(18)13-9-17(4-5-20-13)8-11-6-12(15)3-2-10(11)7-16/h2-3,6,13H,4-5,7-9,16H2,1H3. The predicted octanol–water partition coefficient (Wildman–Crippen LogP) is 0.658. The third-order valence-corrected chi connectivity index (χ3v) is 3.40. The topological polar surface area (TPSA) is 64.8 Å². The summed E-state index contributed by atoms with van der Waals surface area (Å²) >= 11 is 0. The first-order valence-electron chi connectivity index (χ1n) is 6.53. The minimum absolute atomic E-state index is 0.282. The number of nitrogens with two attached hydrogens (primary N) is 1. The number of morpholine rings is 1. The van der Waals surface area contributed by atoms with E-state index in [9.17, 15) is 9.18 Å². The summed E-state index contributed by atoms with van der Waals surface area (Å²) in [6.07, 6.45) is -0.580. The van der Waals surface area contributed by atoms with E-state index < -0.39 is 6.10 Å². The van der Waals surface area contributed by atoms with Gasteiger partial charge in [-0.3, -0.25) is 4.90 Å². The molecule has 1 aliphatic rings. The normalized spacial score (nSPS) is 19.9. The number of carbonyl (C=O) groups is 1.